The first-order valence-electron chi connectivity index (χ1n) is 8.69. The molecule has 2 amide bonds. The molecule has 1 N–H and O–H groups in total. The van der Waals surface area contributed by atoms with Gasteiger partial charge in [0.25, 0.3) is 0 Å². The molecular weight excluding hydrogens is 316 g/mol. The van der Waals surface area contributed by atoms with Gasteiger partial charge in [-0.1, -0.05) is 6.07 Å². The number of hydrogen-bond acceptors (Lipinski definition) is 4. The fourth-order valence-electron chi connectivity index (χ4n) is 3.36. The van der Waals surface area contributed by atoms with E-state index in [4.69, 9.17) is 0 Å². The van der Waals surface area contributed by atoms with Crippen molar-refractivity contribution in [1.29, 1.82) is 0 Å². The molecule has 0 spiro atoms. The topological polar surface area (TPSA) is 66.3 Å². The van der Waals surface area contributed by atoms with Crippen molar-refractivity contribution in [3.8, 4) is 0 Å². The monoisotopic (exact) mass is 342 g/mol. The summed E-state index contributed by atoms with van der Waals surface area (Å²) in [5, 5.41) is 3.06. The molecule has 1 atom stereocenters. The Kier molecular flexibility index (Phi) is 5.21. The van der Waals surface area contributed by atoms with Crippen LogP contribution in [0.2, 0.25) is 0 Å². The van der Waals surface area contributed by atoms with Gasteiger partial charge >= 0.3 is 6.03 Å². The van der Waals surface area contributed by atoms with Gasteiger partial charge in [-0.2, -0.15) is 0 Å². The molecule has 0 bridgehead atoms. The number of aromatic nitrogens is 3. The molecule has 0 unspecified atom stereocenters. The zero-order valence-corrected chi connectivity index (χ0v) is 15.1. The van der Waals surface area contributed by atoms with E-state index < -0.39 is 0 Å². The molecule has 25 heavy (non-hydrogen) atoms. The van der Waals surface area contributed by atoms with Gasteiger partial charge in [-0.25, -0.2) is 14.8 Å². The maximum Gasteiger partial charge on any atom is 0.317 e. The third-order valence-corrected chi connectivity index (χ3v) is 4.69. The zero-order chi connectivity index (χ0) is 17.8. The second-order valence-corrected chi connectivity index (χ2v) is 6.66. The van der Waals surface area contributed by atoms with Gasteiger partial charge in [0.05, 0.1) is 6.04 Å². The minimum Gasteiger partial charge on any atom is -0.362 e. The first-order valence-corrected chi connectivity index (χ1v) is 8.69. The Morgan fingerprint density at radius 1 is 1.36 bits per heavy atom. The molecule has 0 aromatic carbocycles. The first-order chi connectivity index (χ1) is 12.1. The summed E-state index contributed by atoms with van der Waals surface area (Å²) < 4.78 is 2.11. The average Bonchev–Trinajstić information content (AvgIpc) is 3.23. The number of amides is 2. The Bertz CT molecular complexity index is 726. The van der Waals surface area contributed by atoms with Crippen molar-refractivity contribution in [2.45, 2.75) is 38.9 Å². The van der Waals surface area contributed by atoms with Crippen LogP contribution in [0.25, 0.3) is 0 Å². The average molecular weight is 342 g/mol. The van der Waals surface area contributed by atoms with Gasteiger partial charge in [-0.15, -0.1) is 0 Å². The standard InChI is InChI=1S/C18H26N6O/c1-14-19-9-11-23(14)13-16-7-5-10-24(16)18(25)21-12-15-6-4-8-20-17(15)22(2)3/h4,6,8-9,11,16H,5,7,10,12-13H2,1-3H3,(H,21,25)/t16-/m1/s1. The maximum atomic E-state index is 12.7. The summed E-state index contributed by atoms with van der Waals surface area (Å²) >= 11 is 0. The smallest absolute Gasteiger partial charge is 0.317 e. The van der Waals surface area contributed by atoms with Crippen molar-refractivity contribution >= 4 is 11.8 Å². The van der Waals surface area contributed by atoms with E-state index >= 15 is 0 Å². The molecule has 1 aliphatic rings. The summed E-state index contributed by atoms with van der Waals surface area (Å²) in [5.41, 5.74) is 1.02. The maximum absolute atomic E-state index is 12.7. The predicted molar refractivity (Wildman–Crippen MR) is 97.5 cm³/mol. The number of carbonyl (C=O) groups is 1. The highest BCUT2D eigenvalue weighted by atomic mass is 16.2. The van der Waals surface area contributed by atoms with Gasteiger partial charge in [0.2, 0.25) is 0 Å². The molecule has 3 rings (SSSR count). The van der Waals surface area contributed by atoms with Crippen molar-refractivity contribution in [3.63, 3.8) is 0 Å². The van der Waals surface area contributed by atoms with Crippen LogP contribution in [0, 0.1) is 6.92 Å². The number of aryl methyl sites for hydroxylation is 1. The lowest BCUT2D eigenvalue weighted by molar-refractivity contribution is 0.186. The molecule has 0 saturated carbocycles. The molecule has 3 heterocycles. The van der Waals surface area contributed by atoms with Crippen molar-refractivity contribution < 1.29 is 4.79 Å². The van der Waals surface area contributed by atoms with E-state index in [2.05, 4.69) is 19.9 Å². The van der Waals surface area contributed by atoms with Crippen LogP contribution in [0.3, 0.4) is 0 Å². The van der Waals surface area contributed by atoms with Crippen LogP contribution in [0.4, 0.5) is 10.6 Å². The van der Waals surface area contributed by atoms with Crippen molar-refractivity contribution in [3.05, 3.63) is 42.1 Å². The lowest BCUT2D eigenvalue weighted by Gasteiger charge is -2.26. The van der Waals surface area contributed by atoms with Crippen molar-refractivity contribution in [2.24, 2.45) is 0 Å². The Labute approximate surface area is 148 Å². The van der Waals surface area contributed by atoms with Gasteiger partial charge in [-0.3, -0.25) is 0 Å². The van der Waals surface area contributed by atoms with Gasteiger partial charge in [0.15, 0.2) is 0 Å². The molecule has 1 fully saturated rings. The number of imidazole rings is 1. The molecular formula is C18H26N6O. The fourth-order valence-corrected chi connectivity index (χ4v) is 3.36. The summed E-state index contributed by atoms with van der Waals surface area (Å²) in [7, 11) is 3.91. The second kappa shape index (κ2) is 7.55. The van der Waals surface area contributed by atoms with Crippen molar-refractivity contribution in [2.75, 3.05) is 25.5 Å². The number of rotatable bonds is 5. The summed E-state index contributed by atoms with van der Waals surface area (Å²) in [4.78, 5) is 25.2. The lowest BCUT2D eigenvalue weighted by atomic mass is 10.2. The Balaban J connectivity index is 1.62. The van der Waals surface area contributed by atoms with Crippen LogP contribution in [0.5, 0.6) is 0 Å². The number of pyridine rings is 1. The van der Waals surface area contributed by atoms with Gasteiger partial charge in [0.1, 0.15) is 11.6 Å². The molecule has 2 aromatic heterocycles. The van der Waals surface area contributed by atoms with E-state index in [1.807, 2.05) is 49.1 Å². The summed E-state index contributed by atoms with van der Waals surface area (Å²) in [6.45, 7) is 4.07. The molecule has 7 nitrogen and oxygen atoms in total. The first kappa shape index (κ1) is 17.3. The van der Waals surface area contributed by atoms with E-state index in [-0.39, 0.29) is 12.1 Å². The van der Waals surface area contributed by atoms with Crippen LogP contribution in [-0.2, 0) is 13.1 Å². The normalized spacial score (nSPS) is 16.9. The fraction of sp³-hybridized carbons (Fsp3) is 0.500. The number of anilines is 1. The Morgan fingerprint density at radius 2 is 2.20 bits per heavy atom. The summed E-state index contributed by atoms with van der Waals surface area (Å²) in [6.07, 6.45) is 7.62. The Morgan fingerprint density at radius 3 is 2.92 bits per heavy atom. The molecule has 0 aliphatic carbocycles. The van der Waals surface area contributed by atoms with Gasteiger partial charge in [0, 0.05) is 57.9 Å². The number of carbonyl (C=O) groups excluding carboxylic acids is 1. The minimum absolute atomic E-state index is 0.00572. The number of nitrogens with zero attached hydrogens (tertiary/aromatic N) is 5. The number of nitrogens with one attached hydrogen (secondary N) is 1. The van der Waals surface area contributed by atoms with Gasteiger partial charge < -0.3 is 19.7 Å². The molecule has 7 heteroatoms. The molecule has 1 aliphatic heterocycles. The number of likely N-dealkylation sites (tertiary alicyclic amines) is 1. The minimum atomic E-state index is -0.00572. The van der Waals surface area contributed by atoms with E-state index in [9.17, 15) is 4.79 Å². The van der Waals surface area contributed by atoms with E-state index in [0.717, 1.165) is 43.1 Å². The molecule has 134 valence electrons. The SMILES string of the molecule is Cc1nccn1C[C@H]1CCCN1C(=O)NCc1cccnc1N(C)C. The summed E-state index contributed by atoms with van der Waals surface area (Å²) in [6, 6.07) is 4.11. The van der Waals surface area contributed by atoms with Crippen LogP contribution in [0.1, 0.15) is 24.2 Å². The molecule has 2 aromatic rings. The second-order valence-electron chi connectivity index (χ2n) is 6.66. The molecule has 0 radical (unpaired) electrons. The highest BCUT2D eigenvalue weighted by molar-refractivity contribution is 5.75. The van der Waals surface area contributed by atoms with Crippen LogP contribution in [0.15, 0.2) is 30.7 Å². The van der Waals surface area contributed by atoms with E-state index in [1.54, 1.807) is 12.4 Å². The largest absolute Gasteiger partial charge is 0.362 e. The number of hydrogen-bond donors (Lipinski definition) is 1. The van der Waals surface area contributed by atoms with E-state index in [0.29, 0.717) is 6.54 Å². The molecule has 1 saturated heterocycles. The van der Waals surface area contributed by atoms with Crippen molar-refractivity contribution in [1.82, 2.24) is 24.8 Å². The lowest BCUT2D eigenvalue weighted by Crippen LogP contribution is -2.44. The third kappa shape index (κ3) is 3.92. The third-order valence-electron chi connectivity index (χ3n) is 4.69. The highest BCUT2D eigenvalue weighted by Gasteiger charge is 2.29. The quantitative estimate of drug-likeness (QED) is 0.903. The van der Waals surface area contributed by atoms with Crippen LogP contribution in [-0.4, -0.2) is 52.1 Å². The predicted octanol–water partition coefficient (Wildman–Crippen LogP) is 2.03. The van der Waals surface area contributed by atoms with Crippen LogP contribution < -0.4 is 10.2 Å². The highest BCUT2D eigenvalue weighted by Crippen LogP contribution is 2.20. The van der Waals surface area contributed by atoms with Gasteiger partial charge in [-0.05, 0) is 25.8 Å². The van der Waals surface area contributed by atoms with Crippen LogP contribution >= 0.6 is 0 Å². The zero-order valence-electron chi connectivity index (χ0n) is 15.1. The number of urea groups is 1. The van der Waals surface area contributed by atoms with E-state index in [1.165, 1.54) is 0 Å². The summed E-state index contributed by atoms with van der Waals surface area (Å²) in [5.74, 6) is 1.87. The Hall–Kier alpha value is -2.57.